The Morgan fingerprint density at radius 3 is 2.65 bits per heavy atom. The van der Waals surface area contributed by atoms with Gasteiger partial charge in [-0.2, -0.15) is 0 Å². The number of carbonyl (C=O) groups is 1. The number of unbranched alkanes of at least 4 members (excludes halogenated alkanes) is 4. The number of primary amides is 1. The average Bonchev–Trinajstić information content (AvgIpc) is 2.52. The maximum atomic E-state index is 10.9. The molecular weight excluding hydrogens is 360 g/mol. The number of methoxy groups -OCH3 is 1. The number of benzene rings is 1. The van der Waals surface area contributed by atoms with E-state index < -0.39 is 5.91 Å². The first-order valence-corrected chi connectivity index (χ1v) is 8.86. The van der Waals surface area contributed by atoms with Gasteiger partial charge in [0.15, 0.2) is 18.1 Å². The molecule has 0 bridgehead atoms. The molecule has 0 heterocycles. The van der Waals surface area contributed by atoms with Gasteiger partial charge in [-0.1, -0.05) is 32.6 Å². The summed E-state index contributed by atoms with van der Waals surface area (Å²) >= 11 is 3.46. The molecule has 0 aliphatic rings. The lowest BCUT2D eigenvalue weighted by molar-refractivity contribution is -0.119. The summed E-state index contributed by atoms with van der Waals surface area (Å²) in [7, 11) is 1.57. The third-order valence-corrected chi connectivity index (χ3v) is 4.02. The third kappa shape index (κ3) is 7.70. The number of carbonyl (C=O) groups excluding carboxylic acids is 1. The normalized spacial score (nSPS) is 10.6. The minimum atomic E-state index is -0.521. The maximum absolute atomic E-state index is 10.9. The molecular formula is C17H27BrN2O3. The Labute approximate surface area is 147 Å². The highest BCUT2D eigenvalue weighted by atomic mass is 79.9. The molecule has 0 unspecified atom stereocenters. The molecule has 0 atom stereocenters. The molecule has 6 heteroatoms. The zero-order valence-electron chi connectivity index (χ0n) is 14.0. The molecule has 23 heavy (non-hydrogen) atoms. The van der Waals surface area contributed by atoms with Gasteiger partial charge in [0.1, 0.15) is 0 Å². The van der Waals surface area contributed by atoms with Gasteiger partial charge < -0.3 is 20.5 Å². The minimum absolute atomic E-state index is 0.176. The molecule has 1 amide bonds. The van der Waals surface area contributed by atoms with E-state index in [1.165, 1.54) is 32.1 Å². The molecule has 1 rings (SSSR count). The third-order valence-electron chi connectivity index (χ3n) is 3.43. The van der Waals surface area contributed by atoms with Crippen LogP contribution >= 0.6 is 15.9 Å². The van der Waals surface area contributed by atoms with Crippen molar-refractivity contribution in [3.05, 3.63) is 22.2 Å². The van der Waals surface area contributed by atoms with Crippen LogP contribution in [0.5, 0.6) is 11.5 Å². The fraction of sp³-hybridized carbons (Fsp3) is 0.588. The standard InChI is InChI=1S/C17H27BrN2O3/c1-3-4-5-6-7-8-20-11-13-9-14(18)17(15(10-13)22-2)23-12-16(19)21/h9-10,20H,3-8,11-12H2,1-2H3,(H2,19,21). The van der Waals surface area contributed by atoms with Crippen LogP contribution in [0, 0.1) is 0 Å². The topological polar surface area (TPSA) is 73.6 Å². The number of rotatable bonds is 12. The molecule has 0 spiro atoms. The van der Waals surface area contributed by atoms with Gasteiger partial charge in [-0.3, -0.25) is 4.79 Å². The minimum Gasteiger partial charge on any atom is -0.493 e. The van der Waals surface area contributed by atoms with Crippen molar-refractivity contribution in [2.45, 2.75) is 45.6 Å². The van der Waals surface area contributed by atoms with Gasteiger partial charge in [0.05, 0.1) is 11.6 Å². The van der Waals surface area contributed by atoms with E-state index in [1.54, 1.807) is 7.11 Å². The van der Waals surface area contributed by atoms with E-state index in [0.29, 0.717) is 11.5 Å². The van der Waals surface area contributed by atoms with E-state index in [2.05, 4.69) is 28.2 Å². The number of hydrogen-bond acceptors (Lipinski definition) is 4. The first kappa shape index (κ1) is 19.8. The summed E-state index contributed by atoms with van der Waals surface area (Å²) in [6.07, 6.45) is 6.36. The quantitative estimate of drug-likeness (QED) is 0.540. The first-order chi connectivity index (χ1) is 11.1. The predicted octanol–water partition coefficient (Wildman–Crippen LogP) is 3.38. The number of nitrogens with two attached hydrogens (primary N) is 1. The van der Waals surface area contributed by atoms with Crippen LogP contribution in [-0.2, 0) is 11.3 Å². The largest absolute Gasteiger partial charge is 0.493 e. The Hall–Kier alpha value is -1.27. The Bertz CT molecular complexity index is 495. The highest BCUT2D eigenvalue weighted by Gasteiger charge is 2.12. The van der Waals surface area contributed by atoms with Crippen LogP contribution in [0.1, 0.15) is 44.6 Å². The molecule has 1 aromatic carbocycles. The number of nitrogens with one attached hydrogen (secondary N) is 1. The van der Waals surface area contributed by atoms with Gasteiger partial charge in [0.2, 0.25) is 0 Å². The summed E-state index contributed by atoms with van der Waals surface area (Å²) in [5.74, 6) is 0.558. The molecule has 0 radical (unpaired) electrons. The maximum Gasteiger partial charge on any atom is 0.255 e. The van der Waals surface area contributed by atoms with Gasteiger partial charge in [-0.15, -0.1) is 0 Å². The Kier molecular flexibility index (Phi) is 9.71. The van der Waals surface area contributed by atoms with Crippen LogP contribution in [0.25, 0.3) is 0 Å². The zero-order chi connectivity index (χ0) is 17.1. The lowest BCUT2D eigenvalue weighted by Gasteiger charge is -2.14. The van der Waals surface area contributed by atoms with Crippen LogP contribution in [0.15, 0.2) is 16.6 Å². The van der Waals surface area contributed by atoms with Crippen molar-refractivity contribution in [2.24, 2.45) is 5.73 Å². The van der Waals surface area contributed by atoms with Gasteiger partial charge in [0.25, 0.3) is 5.91 Å². The van der Waals surface area contributed by atoms with Crippen LogP contribution in [-0.4, -0.2) is 26.2 Å². The lowest BCUT2D eigenvalue weighted by Crippen LogP contribution is -2.20. The monoisotopic (exact) mass is 386 g/mol. The Morgan fingerprint density at radius 2 is 2.00 bits per heavy atom. The second-order valence-electron chi connectivity index (χ2n) is 5.46. The number of hydrogen-bond donors (Lipinski definition) is 2. The molecule has 1 aromatic rings. The van der Waals surface area contributed by atoms with Crippen LogP contribution < -0.4 is 20.5 Å². The lowest BCUT2D eigenvalue weighted by atomic mass is 10.1. The summed E-state index contributed by atoms with van der Waals surface area (Å²) in [6.45, 7) is 3.81. The highest BCUT2D eigenvalue weighted by molar-refractivity contribution is 9.10. The molecule has 3 N–H and O–H groups in total. The fourth-order valence-electron chi connectivity index (χ4n) is 2.24. The molecule has 130 valence electrons. The molecule has 0 fully saturated rings. The molecule has 0 saturated carbocycles. The van der Waals surface area contributed by atoms with Crippen molar-refractivity contribution < 1.29 is 14.3 Å². The first-order valence-electron chi connectivity index (χ1n) is 8.06. The average molecular weight is 387 g/mol. The SMILES string of the molecule is CCCCCCCNCc1cc(Br)c(OCC(N)=O)c(OC)c1. The summed E-state index contributed by atoms with van der Waals surface area (Å²) in [5, 5.41) is 3.44. The Morgan fingerprint density at radius 1 is 1.26 bits per heavy atom. The van der Waals surface area contributed by atoms with Crippen LogP contribution in [0.2, 0.25) is 0 Å². The van der Waals surface area contributed by atoms with Gasteiger partial charge >= 0.3 is 0 Å². The van der Waals surface area contributed by atoms with Gasteiger partial charge in [-0.05, 0) is 46.6 Å². The number of halogens is 1. The van der Waals surface area contributed by atoms with E-state index >= 15 is 0 Å². The molecule has 0 saturated heterocycles. The Balaban J connectivity index is 2.50. The zero-order valence-corrected chi connectivity index (χ0v) is 15.6. The summed E-state index contributed by atoms with van der Waals surface area (Å²) in [5.41, 5.74) is 6.20. The van der Waals surface area contributed by atoms with Gasteiger partial charge in [0, 0.05) is 6.54 Å². The number of amides is 1. The van der Waals surface area contributed by atoms with Crippen molar-refractivity contribution in [2.75, 3.05) is 20.3 Å². The molecule has 0 aliphatic carbocycles. The predicted molar refractivity (Wildman–Crippen MR) is 95.8 cm³/mol. The fourth-order valence-corrected chi connectivity index (χ4v) is 2.85. The van der Waals surface area contributed by atoms with Crippen LogP contribution in [0.4, 0.5) is 0 Å². The van der Waals surface area contributed by atoms with E-state index in [-0.39, 0.29) is 6.61 Å². The van der Waals surface area contributed by atoms with Crippen molar-refractivity contribution in [3.63, 3.8) is 0 Å². The van der Waals surface area contributed by atoms with E-state index in [0.717, 1.165) is 23.1 Å². The second kappa shape index (κ2) is 11.3. The van der Waals surface area contributed by atoms with Gasteiger partial charge in [-0.25, -0.2) is 0 Å². The van der Waals surface area contributed by atoms with E-state index in [1.807, 2.05) is 12.1 Å². The van der Waals surface area contributed by atoms with Crippen molar-refractivity contribution >= 4 is 21.8 Å². The molecule has 5 nitrogen and oxygen atoms in total. The van der Waals surface area contributed by atoms with Crippen LogP contribution in [0.3, 0.4) is 0 Å². The van der Waals surface area contributed by atoms with Crippen molar-refractivity contribution in [1.82, 2.24) is 5.32 Å². The van der Waals surface area contributed by atoms with Crippen molar-refractivity contribution in [1.29, 1.82) is 0 Å². The summed E-state index contributed by atoms with van der Waals surface area (Å²) < 4.78 is 11.5. The highest BCUT2D eigenvalue weighted by Crippen LogP contribution is 2.36. The van der Waals surface area contributed by atoms with E-state index in [4.69, 9.17) is 15.2 Å². The molecule has 0 aromatic heterocycles. The summed E-state index contributed by atoms with van der Waals surface area (Å²) in [6, 6.07) is 3.87. The van der Waals surface area contributed by atoms with Crippen molar-refractivity contribution in [3.8, 4) is 11.5 Å². The number of ether oxygens (including phenoxy) is 2. The smallest absolute Gasteiger partial charge is 0.255 e. The van der Waals surface area contributed by atoms with E-state index in [9.17, 15) is 4.79 Å². The summed E-state index contributed by atoms with van der Waals surface area (Å²) in [4.78, 5) is 10.9. The second-order valence-corrected chi connectivity index (χ2v) is 6.31. The molecule has 0 aliphatic heterocycles.